The molecule has 0 radical (unpaired) electrons. The highest BCUT2D eigenvalue weighted by Crippen LogP contribution is 2.23. The molecule has 1 aliphatic rings. The van der Waals surface area contributed by atoms with Crippen LogP contribution in [0.4, 0.5) is 10.5 Å². The zero-order chi connectivity index (χ0) is 16.2. The number of nitrogens with one attached hydrogen (secondary N) is 2. The maximum atomic E-state index is 11.4. The Labute approximate surface area is 130 Å². The molecule has 1 heterocycles. The van der Waals surface area contributed by atoms with E-state index in [1.54, 1.807) is 0 Å². The molecule has 5 heteroatoms. The minimum atomic E-state index is -0.494. The van der Waals surface area contributed by atoms with Gasteiger partial charge >= 0.3 is 6.09 Å². The Morgan fingerprint density at radius 3 is 2.91 bits per heavy atom. The fraction of sp³-hybridized carbons (Fsp3) is 0.412. The van der Waals surface area contributed by atoms with Crippen molar-refractivity contribution >= 4 is 17.7 Å². The predicted molar refractivity (Wildman–Crippen MR) is 84.5 cm³/mol. The lowest BCUT2D eigenvalue weighted by atomic mass is 10.1. The average molecular weight is 300 g/mol. The highest BCUT2D eigenvalue weighted by atomic mass is 16.6. The first-order valence-corrected chi connectivity index (χ1v) is 7.22. The third kappa shape index (κ3) is 4.81. The maximum Gasteiger partial charge on any atom is 0.407 e. The van der Waals surface area contributed by atoms with Crippen LogP contribution in [0, 0.1) is 11.8 Å². The molecule has 0 unspecified atom stereocenters. The van der Waals surface area contributed by atoms with Crippen LogP contribution in [0.1, 0.15) is 38.3 Å². The van der Waals surface area contributed by atoms with Gasteiger partial charge in [0.25, 0.3) is 0 Å². The van der Waals surface area contributed by atoms with Crippen LogP contribution in [0.15, 0.2) is 18.2 Å². The van der Waals surface area contributed by atoms with Gasteiger partial charge in [0, 0.05) is 24.2 Å². The molecule has 2 rings (SSSR count). The van der Waals surface area contributed by atoms with Gasteiger partial charge in [-0.3, -0.25) is 4.79 Å². The van der Waals surface area contributed by atoms with Crippen LogP contribution < -0.4 is 10.6 Å². The van der Waals surface area contributed by atoms with Gasteiger partial charge in [0.1, 0.15) is 5.60 Å². The Kier molecular flexibility index (Phi) is 4.71. The third-order valence-corrected chi connectivity index (χ3v) is 2.88. The third-order valence-electron chi connectivity index (χ3n) is 2.88. The molecule has 0 aromatic heterocycles. The van der Waals surface area contributed by atoms with Crippen molar-refractivity contribution in [2.45, 2.75) is 39.2 Å². The number of amides is 2. The number of alkyl carbamates (subject to hydrolysis) is 1. The van der Waals surface area contributed by atoms with Gasteiger partial charge in [-0.15, -0.1) is 0 Å². The number of carbonyl (C=O) groups excluding carboxylic acids is 2. The zero-order valence-corrected chi connectivity index (χ0v) is 13.1. The van der Waals surface area contributed by atoms with E-state index in [0.717, 1.165) is 16.8 Å². The number of anilines is 1. The Morgan fingerprint density at radius 1 is 1.41 bits per heavy atom. The van der Waals surface area contributed by atoms with Gasteiger partial charge in [-0.05, 0) is 44.5 Å². The largest absolute Gasteiger partial charge is 0.444 e. The van der Waals surface area contributed by atoms with Crippen LogP contribution in [0.2, 0.25) is 0 Å². The first kappa shape index (κ1) is 15.9. The minimum Gasteiger partial charge on any atom is -0.444 e. The van der Waals surface area contributed by atoms with Crippen molar-refractivity contribution in [2.75, 3.05) is 11.9 Å². The fourth-order valence-corrected chi connectivity index (χ4v) is 2.01. The predicted octanol–water partition coefficient (Wildman–Crippen LogP) is 2.45. The molecule has 2 N–H and O–H groups in total. The van der Waals surface area contributed by atoms with Gasteiger partial charge in [0.2, 0.25) is 5.91 Å². The van der Waals surface area contributed by atoms with Gasteiger partial charge in [-0.2, -0.15) is 0 Å². The number of hydrogen-bond acceptors (Lipinski definition) is 3. The van der Waals surface area contributed by atoms with Crippen molar-refractivity contribution in [3.05, 3.63) is 29.3 Å². The molecule has 1 aliphatic heterocycles. The van der Waals surface area contributed by atoms with Gasteiger partial charge in [-0.1, -0.05) is 11.8 Å². The molecule has 2 amide bonds. The fourth-order valence-electron chi connectivity index (χ4n) is 2.01. The van der Waals surface area contributed by atoms with Gasteiger partial charge in [-0.25, -0.2) is 4.79 Å². The SMILES string of the molecule is CC(C)(C)OC(=O)NCCC#Cc1ccc2c(c1)CC(=O)N2. The lowest BCUT2D eigenvalue weighted by Crippen LogP contribution is -2.32. The van der Waals surface area contributed by atoms with Crippen molar-refractivity contribution in [3.63, 3.8) is 0 Å². The van der Waals surface area contributed by atoms with Crippen LogP contribution in [0.25, 0.3) is 0 Å². The lowest BCUT2D eigenvalue weighted by molar-refractivity contribution is -0.115. The molecule has 0 atom stereocenters. The summed E-state index contributed by atoms with van der Waals surface area (Å²) in [6.45, 7) is 5.90. The molecule has 0 saturated heterocycles. The van der Waals surface area contributed by atoms with Crippen molar-refractivity contribution < 1.29 is 14.3 Å². The number of ether oxygens (including phenoxy) is 1. The highest BCUT2D eigenvalue weighted by molar-refractivity contribution is 5.99. The number of rotatable bonds is 2. The van der Waals surface area contributed by atoms with E-state index in [-0.39, 0.29) is 5.91 Å². The van der Waals surface area contributed by atoms with Gasteiger partial charge in [0.15, 0.2) is 0 Å². The van der Waals surface area contributed by atoms with E-state index in [9.17, 15) is 9.59 Å². The monoisotopic (exact) mass is 300 g/mol. The van der Waals surface area contributed by atoms with E-state index in [0.29, 0.717) is 19.4 Å². The number of benzene rings is 1. The molecule has 0 aliphatic carbocycles. The van der Waals surface area contributed by atoms with Crippen molar-refractivity contribution in [3.8, 4) is 11.8 Å². The number of hydrogen-bond donors (Lipinski definition) is 2. The quantitative estimate of drug-likeness (QED) is 0.651. The van der Waals surface area contributed by atoms with E-state index in [2.05, 4.69) is 22.5 Å². The van der Waals surface area contributed by atoms with Crippen LogP contribution in [0.3, 0.4) is 0 Å². The van der Waals surface area contributed by atoms with E-state index in [4.69, 9.17) is 4.74 Å². The number of carbonyl (C=O) groups is 2. The van der Waals surface area contributed by atoms with Gasteiger partial charge in [0.05, 0.1) is 6.42 Å². The molecule has 0 fully saturated rings. The van der Waals surface area contributed by atoms with Crippen molar-refractivity contribution in [1.82, 2.24) is 5.32 Å². The first-order chi connectivity index (χ1) is 10.3. The van der Waals surface area contributed by atoms with Crippen LogP contribution >= 0.6 is 0 Å². The second-order valence-electron chi connectivity index (χ2n) is 6.08. The second kappa shape index (κ2) is 6.52. The molecule has 0 bridgehead atoms. The molecule has 5 nitrogen and oxygen atoms in total. The highest BCUT2D eigenvalue weighted by Gasteiger charge is 2.17. The van der Waals surface area contributed by atoms with E-state index < -0.39 is 11.7 Å². The Morgan fingerprint density at radius 2 is 2.18 bits per heavy atom. The van der Waals surface area contributed by atoms with Crippen LogP contribution in [-0.2, 0) is 16.0 Å². The summed E-state index contributed by atoms with van der Waals surface area (Å²) in [5.74, 6) is 6.04. The molecule has 116 valence electrons. The summed E-state index contributed by atoms with van der Waals surface area (Å²) < 4.78 is 5.13. The summed E-state index contributed by atoms with van der Waals surface area (Å²) in [5, 5.41) is 5.44. The van der Waals surface area contributed by atoms with Crippen molar-refractivity contribution in [2.24, 2.45) is 0 Å². The Bertz CT molecular complexity index is 648. The molecule has 0 spiro atoms. The van der Waals surface area contributed by atoms with Crippen molar-refractivity contribution in [1.29, 1.82) is 0 Å². The first-order valence-electron chi connectivity index (χ1n) is 7.22. The topological polar surface area (TPSA) is 67.4 Å². The summed E-state index contributed by atoms with van der Waals surface area (Å²) >= 11 is 0. The van der Waals surface area contributed by atoms with E-state index >= 15 is 0 Å². The minimum absolute atomic E-state index is 0.0154. The molecule has 22 heavy (non-hydrogen) atoms. The summed E-state index contributed by atoms with van der Waals surface area (Å²) in [6.07, 6.45) is 0.509. The lowest BCUT2D eigenvalue weighted by Gasteiger charge is -2.19. The van der Waals surface area contributed by atoms with E-state index in [1.807, 2.05) is 39.0 Å². The molecular weight excluding hydrogens is 280 g/mol. The smallest absolute Gasteiger partial charge is 0.407 e. The van der Waals surface area contributed by atoms with E-state index in [1.165, 1.54) is 0 Å². The maximum absolute atomic E-state index is 11.4. The average Bonchev–Trinajstić information content (AvgIpc) is 2.75. The molecular formula is C17H20N2O3. The Hall–Kier alpha value is -2.48. The standard InChI is InChI=1S/C17H20N2O3/c1-17(2,3)22-16(21)18-9-5-4-6-12-7-8-14-13(10-12)11-15(20)19-14/h7-8,10H,5,9,11H2,1-3H3,(H,18,21)(H,19,20). The molecule has 0 saturated carbocycles. The van der Waals surface area contributed by atoms with Crippen LogP contribution in [0.5, 0.6) is 0 Å². The molecule has 1 aromatic rings. The van der Waals surface area contributed by atoms with Gasteiger partial charge < -0.3 is 15.4 Å². The Balaban J connectivity index is 1.79. The summed E-state index contributed by atoms with van der Waals surface area (Å²) in [5.41, 5.74) is 2.21. The zero-order valence-electron chi connectivity index (χ0n) is 13.1. The summed E-state index contributed by atoms with van der Waals surface area (Å²) in [7, 11) is 0. The summed E-state index contributed by atoms with van der Waals surface area (Å²) in [6, 6.07) is 5.66. The molecule has 1 aromatic carbocycles. The summed E-state index contributed by atoms with van der Waals surface area (Å²) in [4.78, 5) is 22.7. The normalized spacial score (nSPS) is 12.8. The number of fused-ring (bicyclic) bond motifs is 1. The van der Waals surface area contributed by atoms with Crippen LogP contribution in [-0.4, -0.2) is 24.1 Å². The second-order valence-corrected chi connectivity index (χ2v) is 6.08.